The highest BCUT2D eigenvalue weighted by molar-refractivity contribution is 5.89. The first-order chi connectivity index (χ1) is 6.20. The number of hydrogen-bond donors (Lipinski definition) is 0. The second-order valence-electron chi connectivity index (χ2n) is 3.68. The highest BCUT2D eigenvalue weighted by Gasteiger charge is 2.01. The van der Waals surface area contributed by atoms with Crippen molar-refractivity contribution >= 4 is 10.8 Å². The van der Waals surface area contributed by atoms with Crippen LogP contribution in [0.25, 0.3) is 10.8 Å². The average molecular weight is 170 g/mol. The lowest BCUT2D eigenvalue weighted by atomic mass is 9.97. The first-order valence-electron chi connectivity index (χ1n) is 4.65. The van der Waals surface area contributed by atoms with Crippen LogP contribution < -0.4 is 0 Å². The molecule has 0 bridgehead atoms. The van der Waals surface area contributed by atoms with Gasteiger partial charge in [0.15, 0.2) is 0 Å². The molecule has 0 fully saturated rings. The first-order valence-corrected chi connectivity index (χ1v) is 4.65. The number of aryl methyl sites for hydroxylation is 3. The molecule has 0 aromatic heterocycles. The number of rotatable bonds is 0. The van der Waals surface area contributed by atoms with E-state index in [1.807, 2.05) is 0 Å². The summed E-state index contributed by atoms with van der Waals surface area (Å²) in [4.78, 5) is 0. The topological polar surface area (TPSA) is 0 Å². The fourth-order valence-corrected chi connectivity index (χ4v) is 1.88. The Balaban J connectivity index is 2.97. The van der Waals surface area contributed by atoms with E-state index in [9.17, 15) is 0 Å². The average Bonchev–Trinajstić information content (AvgIpc) is 2.12. The molecule has 0 aliphatic rings. The van der Waals surface area contributed by atoms with Crippen LogP contribution in [-0.2, 0) is 0 Å². The van der Waals surface area contributed by atoms with Crippen molar-refractivity contribution in [1.82, 2.24) is 0 Å². The Labute approximate surface area is 79.2 Å². The van der Waals surface area contributed by atoms with Gasteiger partial charge >= 0.3 is 0 Å². The third-order valence-electron chi connectivity index (χ3n) is 2.78. The molecule has 0 unspecified atom stereocenters. The largest absolute Gasteiger partial charge is 0.0614 e. The molecule has 0 atom stereocenters. The van der Waals surface area contributed by atoms with Crippen LogP contribution in [-0.4, -0.2) is 0 Å². The molecule has 2 aromatic carbocycles. The highest BCUT2D eigenvalue weighted by Crippen LogP contribution is 2.24. The van der Waals surface area contributed by atoms with Gasteiger partial charge < -0.3 is 0 Å². The molecular weight excluding hydrogens is 156 g/mol. The minimum absolute atomic E-state index is 1.35. The summed E-state index contributed by atoms with van der Waals surface area (Å²) in [6.45, 7) is 6.54. The SMILES string of the molecule is Cc1ccc2cccc(C)c2c1C. The third-order valence-corrected chi connectivity index (χ3v) is 2.78. The summed E-state index contributed by atoms with van der Waals surface area (Å²) in [6, 6.07) is 10.9. The molecule has 0 N–H and O–H groups in total. The Hall–Kier alpha value is -1.30. The van der Waals surface area contributed by atoms with Crippen LogP contribution in [0.1, 0.15) is 16.7 Å². The molecule has 0 saturated heterocycles. The molecule has 0 heterocycles. The maximum atomic E-state index is 2.20. The fraction of sp³-hybridized carbons (Fsp3) is 0.231. The lowest BCUT2D eigenvalue weighted by Crippen LogP contribution is -1.86. The maximum absolute atomic E-state index is 2.20. The molecule has 0 aliphatic carbocycles. The second kappa shape index (κ2) is 2.88. The quantitative estimate of drug-likeness (QED) is 0.564. The Morgan fingerprint density at radius 3 is 2.31 bits per heavy atom. The zero-order chi connectivity index (χ0) is 9.42. The molecule has 0 radical (unpaired) electrons. The first kappa shape index (κ1) is 8.31. The van der Waals surface area contributed by atoms with Crippen molar-refractivity contribution in [3.63, 3.8) is 0 Å². The lowest BCUT2D eigenvalue weighted by Gasteiger charge is -2.07. The molecule has 0 nitrogen and oxygen atoms in total. The van der Waals surface area contributed by atoms with Crippen LogP contribution in [0.15, 0.2) is 30.3 Å². The molecule has 0 aliphatic heterocycles. The Kier molecular flexibility index (Phi) is 1.84. The molecule has 2 aromatic rings. The van der Waals surface area contributed by atoms with E-state index in [1.165, 1.54) is 27.5 Å². The Morgan fingerprint density at radius 1 is 0.769 bits per heavy atom. The smallest absolute Gasteiger partial charge is 0.0123 e. The van der Waals surface area contributed by atoms with Gasteiger partial charge in [0.25, 0.3) is 0 Å². The summed E-state index contributed by atoms with van der Waals surface area (Å²) in [5.74, 6) is 0. The predicted octanol–water partition coefficient (Wildman–Crippen LogP) is 3.77. The van der Waals surface area contributed by atoms with Crippen LogP contribution in [0.4, 0.5) is 0 Å². The summed E-state index contributed by atoms with van der Waals surface area (Å²) in [6.07, 6.45) is 0. The molecule has 0 spiro atoms. The molecule has 0 saturated carbocycles. The van der Waals surface area contributed by atoms with E-state index in [4.69, 9.17) is 0 Å². The van der Waals surface area contributed by atoms with Crippen molar-refractivity contribution in [3.05, 3.63) is 47.0 Å². The molecular formula is C13H14. The van der Waals surface area contributed by atoms with Gasteiger partial charge in [0.1, 0.15) is 0 Å². The van der Waals surface area contributed by atoms with Gasteiger partial charge in [-0.25, -0.2) is 0 Å². The van der Waals surface area contributed by atoms with Crippen molar-refractivity contribution in [2.24, 2.45) is 0 Å². The molecule has 0 amide bonds. The monoisotopic (exact) mass is 170 g/mol. The van der Waals surface area contributed by atoms with Crippen LogP contribution in [0.5, 0.6) is 0 Å². The lowest BCUT2D eigenvalue weighted by molar-refractivity contribution is 1.36. The number of fused-ring (bicyclic) bond motifs is 1. The minimum atomic E-state index is 1.35. The Morgan fingerprint density at radius 2 is 1.54 bits per heavy atom. The third kappa shape index (κ3) is 1.23. The zero-order valence-corrected chi connectivity index (χ0v) is 8.39. The van der Waals surface area contributed by atoms with Gasteiger partial charge in [0.2, 0.25) is 0 Å². The summed E-state index contributed by atoms with van der Waals surface area (Å²) >= 11 is 0. The molecule has 2 rings (SSSR count). The van der Waals surface area contributed by atoms with Gasteiger partial charge in [0, 0.05) is 0 Å². The van der Waals surface area contributed by atoms with Crippen molar-refractivity contribution in [1.29, 1.82) is 0 Å². The van der Waals surface area contributed by atoms with Crippen LogP contribution >= 0.6 is 0 Å². The van der Waals surface area contributed by atoms with Gasteiger partial charge in [0.05, 0.1) is 0 Å². The van der Waals surface area contributed by atoms with E-state index in [2.05, 4.69) is 51.1 Å². The summed E-state index contributed by atoms with van der Waals surface area (Å²) < 4.78 is 0. The molecule has 13 heavy (non-hydrogen) atoms. The normalized spacial score (nSPS) is 10.7. The Bertz CT molecular complexity index is 453. The second-order valence-corrected chi connectivity index (χ2v) is 3.68. The van der Waals surface area contributed by atoms with Gasteiger partial charge in [-0.1, -0.05) is 30.3 Å². The number of hydrogen-bond acceptors (Lipinski definition) is 0. The van der Waals surface area contributed by atoms with E-state index in [1.54, 1.807) is 0 Å². The number of benzene rings is 2. The van der Waals surface area contributed by atoms with E-state index in [0.29, 0.717) is 0 Å². The minimum Gasteiger partial charge on any atom is -0.0614 e. The summed E-state index contributed by atoms with van der Waals surface area (Å²) in [5.41, 5.74) is 4.16. The van der Waals surface area contributed by atoms with E-state index in [0.717, 1.165) is 0 Å². The van der Waals surface area contributed by atoms with Crippen molar-refractivity contribution in [2.75, 3.05) is 0 Å². The van der Waals surface area contributed by atoms with E-state index < -0.39 is 0 Å². The van der Waals surface area contributed by atoms with Crippen LogP contribution in [0.2, 0.25) is 0 Å². The van der Waals surface area contributed by atoms with E-state index in [-0.39, 0.29) is 0 Å². The van der Waals surface area contributed by atoms with Crippen molar-refractivity contribution in [2.45, 2.75) is 20.8 Å². The summed E-state index contributed by atoms with van der Waals surface area (Å²) in [7, 11) is 0. The zero-order valence-electron chi connectivity index (χ0n) is 8.39. The van der Waals surface area contributed by atoms with Crippen molar-refractivity contribution < 1.29 is 0 Å². The van der Waals surface area contributed by atoms with Crippen LogP contribution in [0.3, 0.4) is 0 Å². The molecule has 66 valence electrons. The van der Waals surface area contributed by atoms with Crippen molar-refractivity contribution in [3.8, 4) is 0 Å². The van der Waals surface area contributed by atoms with Gasteiger partial charge in [-0.2, -0.15) is 0 Å². The standard InChI is InChI=1S/C13H14/c1-9-7-8-12-6-4-5-10(2)13(12)11(9)3/h4-8H,1-3H3. The maximum Gasteiger partial charge on any atom is -0.0123 e. The molecule has 0 heteroatoms. The highest BCUT2D eigenvalue weighted by atomic mass is 14.1. The fourth-order valence-electron chi connectivity index (χ4n) is 1.88. The predicted molar refractivity (Wildman–Crippen MR) is 58.2 cm³/mol. The van der Waals surface area contributed by atoms with Gasteiger partial charge in [-0.15, -0.1) is 0 Å². The van der Waals surface area contributed by atoms with Gasteiger partial charge in [-0.05, 0) is 48.2 Å². The van der Waals surface area contributed by atoms with Crippen LogP contribution in [0, 0.1) is 20.8 Å². The summed E-state index contributed by atoms with van der Waals surface area (Å²) in [5, 5.41) is 2.77. The van der Waals surface area contributed by atoms with Gasteiger partial charge in [-0.3, -0.25) is 0 Å². The van der Waals surface area contributed by atoms with E-state index >= 15 is 0 Å².